The molecule has 3 N–H and O–H groups in total. The van der Waals surface area contributed by atoms with Crippen LogP contribution in [-0.2, 0) is 20.8 Å². The average Bonchev–Trinajstić information content (AvgIpc) is 3.13. The molecule has 2 aromatic carbocycles. The van der Waals surface area contributed by atoms with E-state index in [9.17, 15) is 14.4 Å². The molecule has 0 bridgehead atoms. The van der Waals surface area contributed by atoms with Crippen LogP contribution in [-0.4, -0.2) is 43.9 Å². The van der Waals surface area contributed by atoms with Gasteiger partial charge in [0.05, 0.1) is 6.54 Å². The van der Waals surface area contributed by atoms with Gasteiger partial charge in [-0.25, -0.2) is 0 Å². The van der Waals surface area contributed by atoms with Gasteiger partial charge in [-0.1, -0.05) is 18.2 Å². The number of hydrogen-bond acceptors (Lipinski definition) is 3. The maximum Gasteiger partial charge on any atom is 0.282 e. The van der Waals surface area contributed by atoms with Gasteiger partial charge in [0.1, 0.15) is 0 Å². The van der Waals surface area contributed by atoms with Crippen molar-refractivity contribution < 1.29 is 19.3 Å². The Morgan fingerprint density at radius 1 is 0.966 bits per heavy atom. The van der Waals surface area contributed by atoms with E-state index in [0.29, 0.717) is 24.5 Å². The Morgan fingerprint density at radius 2 is 1.62 bits per heavy atom. The van der Waals surface area contributed by atoms with Gasteiger partial charge in [0.15, 0.2) is 13.1 Å². The Hall–Kier alpha value is -3.19. The van der Waals surface area contributed by atoms with Gasteiger partial charge in [0, 0.05) is 30.5 Å². The summed E-state index contributed by atoms with van der Waals surface area (Å²) in [5.74, 6) is -0.253. The van der Waals surface area contributed by atoms with Crippen molar-refractivity contribution in [2.45, 2.75) is 20.3 Å². The van der Waals surface area contributed by atoms with Crippen molar-refractivity contribution in [2.24, 2.45) is 0 Å². The highest BCUT2D eigenvalue weighted by Gasteiger charge is 2.27. The Bertz CT molecular complexity index is 895. The summed E-state index contributed by atoms with van der Waals surface area (Å²) in [7, 11) is 0. The standard InChI is InChI=1S/C22H26N4O3/c1-3-25(15-22(29)26-13-12-17-6-4-5-7-20(17)26)14-21(28)24-19-10-8-18(9-11-19)23-16(2)27/h4-11H,3,12-15H2,1-2H3,(H,23,27)(H,24,28)/p+1. The van der Waals surface area contributed by atoms with Crippen molar-refractivity contribution in [3.63, 3.8) is 0 Å². The van der Waals surface area contributed by atoms with Gasteiger partial charge in [-0.05, 0) is 49.2 Å². The van der Waals surface area contributed by atoms with Crippen LogP contribution in [0, 0.1) is 0 Å². The Balaban J connectivity index is 1.53. The molecular weight excluding hydrogens is 368 g/mol. The van der Waals surface area contributed by atoms with Crippen LogP contribution in [0.5, 0.6) is 0 Å². The number of quaternary nitrogens is 1. The molecule has 152 valence electrons. The number of benzene rings is 2. The quantitative estimate of drug-likeness (QED) is 0.656. The predicted octanol–water partition coefficient (Wildman–Crippen LogP) is 1.08. The van der Waals surface area contributed by atoms with Crippen LogP contribution in [0.15, 0.2) is 48.5 Å². The SMILES string of the molecule is CC[NH+](CC(=O)Nc1ccc(NC(C)=O)cc1)CC(=O)N1CCc2ccccc21. The third-order valence-corrected chi connectivity index (χ3v) is 4.99. The van der Waals surface area contributed by atoms with Crippen molar-refractivity contribution in [3.05, 3.63) is 54.1 Å². The Labute approximate surface area is 170 Å². The number of amides is 3. The minimum absolute atomic E-state index is 0.0410. The van der Waals surface area contributed by atoms with Crippen LogP contribution in [0.1, 0.15) is 19.4 Å². The van der Waals surface area contributed by atoms with Crippen LogP contribution in [0.25, 0.3) is 0 Å². The van der Waals surface area contributed by atoms with Gasteiger partial charge in [-0.3, -0.25) is 14.4 Å². The molecule has 7 heteroatoms. The average molecular weight is 395 g/mol. The molecule has 1 aliphatic heterocycles. The molecule has 1 unspecified atom stereocenters. The molecule has 1 heterocycles. The minimum atomic E-state index is -0.149. The zero-order chi connectivity index (χ0) is 20.8. The summed E-state index contributed by atoms with van der Waals surface area (Å²) < 4.78 is 0. The fraction of sp³-hybridized carbons (Fsp3) is 0.318. The van der Waals surface area contributed by atoms with E-state index in [-0.39, 0.29) is 30.8 Å². The fourth-order valence-corrected chi connectivity index (χ4v) is 3.49. The predicted molar refractivity (Wildman–Crippen MR) is 113 cm³/mol. The van der Waals surface area contributed by atoms with E-state index < -0.39 is 0 Å². The van der Waals surface area contributed by atoms with E-state index >= 15 is 0 Å². The van der Waals surface area contributed by atoms with Crippen molar-refractivity contribution in [3.8, 4) is 0 Å². The lowest BCUT2D eigenvalue weighted by Gasteiger charge is -2.21. The van der Waals surface area contributed by atoms with Gasteiger partial charge >= 0.3 is 0 Å². The first-order chi connectivity index (χ1) is 14.0. The Morgan fingerprint density at radius 3 is 2.28 bits per heavy atom. The molecule has 3 rings (SSSR count). The van der Waals surface area contributed by atoms with Crippen molar-refractivity contribution in [1.29, 1.82) is 0 Å². The van der Waals surface area contributed by atoms with Gasteiger partial charge in [-0.15, -0.1) is 0 Å². The van der Waals surface area contributed by atoms with Crippen molar-refractivity contribution >= 4 is 34.8 Å². The molecule has 7 nitrogen and oxygen atoms in total. The Kier molecular flexibility index (Phi) is 6.61. The molecule has 29 heavy (non-hydrogen) atoms. The highest BCUT2D eigenvalue weighted by molar-refractivity contribution is 5.96. The van der Waals surface area contributed by atoms with Gasteiger partial charge in [-0.2, -0.15) is 0 Å². The normalized spacial score (nSPS) is 13.5. The molecule has 0 spiro atoms. The zero-order valence-electron chi connectivity index (χ0n) is 16.8. The second-order valence-corrected chi connectivity index (χ2v) is 7.19. The van der Waals surface area contributed by atoms with Gasteiger partial charge in [0.25, 0.3) is 11.8 Å². The first kappa shape index (κ1) is 20.5. The second kappa shape index (κ2) is 9.34. The van der Waals surface area contributed by atoms with Crippen molar-refractivity contribution in [1.82, 2.24) is 0 Å². The smallest absolute Gasteiger partial charge is 0.282 e. The summed E-state index contributed by atoms with van der Waals surface area (Å²) >= 11 is 0. The number of fused-ring (bicyclic) bond motifs is 1. The third-order valence-electron chi connectivity index (χ3n) is 4.99. The number of hydrogen-bond donors (Lipinski definition) is 3. The summed E-state index contributed by atoms with van der Waals surface area (Å²) in [5, 5.41) is 5.53. The van der Waals surface area contributed by atoms with Crippen molar-refractivity contribution in [2.75, 3.05) is 41.7 Å². The molecule has 0 aliphatic carbocycles. The molecule has 1 atom stereocenters. The van der Waals surface area contributed by atoms with E-state index in [0.717, 1.165) is 17.0 Å². The summed E-state index contributed by atoms with van der Waals surface area (Å²) in [6.07, 6.45) is 0.873. The molecule has 2 aromatic rings. The van der Waals surface area contributed by atoms with Gasteiger partial charge in [0.2, 0.25) is 5.91 Å². The number of carbonyl (C=O) groups excluding carboxylic acids is 3. The molecule has 0 fully saturated rings. The zero-order valence-corrected chi connectivity index (χ0v) is 16.8. The first-order valence-corrected chi connectivity index (χ1v) is 9.85. The molecule has 0 saturated carbocycles. The lowest BCUT2D eigenvalue weighted by Crippen LogP contribution is -3.14. The minimum Gasteiger partial charge on any atom is -0.326 e. The molecule has 0 saturated heterocycles. The van der Waals surface area contributed by atoms with Crippen LogP contribution >= 0.6 is 0 Å². The largest absolute Gasteiger partial charge is 0.326 e. The lowest BCUT2D eigenvalue weighted by molar-refractivity contribution is -0.881. The second-order valence-electron chi connectivity index (χ2n) is 7.19. The van der Waals surface area contributed by atoms with E-state index in [2.05, 4.69) is 16.7 Å². The van der Waals surface area contributed by atoms with E-state index in [1.807, 2.05) is 30.0 Å². The van der Waals surface area contributed by atoms with Crippen LogP contribution < -0.4 is 20.4 Å². The number of likely N-dealkylation sites (N-methyl/N-ethyl adjacent to an activating group) is 1. The maximum absolute atomic E-state index is 12.8. The van der Waals surface area contributed by atoms with Crippen LogP contribution in [0.3, 0.4) is 0 Å². The summed E-state index contributed by atoms with van der Waals surface area (Å²) in [6.45, 7) is 5.28. The van der Waals surface area contributed by atoms with Crippen LogP contribution in [0.4, 0.5) is 17.1 Å². The summed E-state index contributed by atoms with van der Waals surface area (Å²) in [4.78, 5) is 39.0. The molecular formula is C22H27N4O3+. The number of anilines is 3. The summed E-state index contributed by atoms with van der Waals surface area (Å²) in [6, 6.07) is 14.9. The van der Waals surface area contributed by atoms with E-state index in [4.69, 9.17) is 0 Å². The van der Waals surface area contributed by atoms with E-state index in [1.165, 1.54) is 12.5 Å². The molecule has 3 amide bonds. The molecule has 0 radical (unpaired) electrons. The first-order valence-electron chi connectivity index (χ1n) is 9.85. The fourth-order valence-electron chi connectivity index (χ4n) is 3.49. The highest BCUT2D eigenvalue weighted by Crippen LogP contribution is 2.27. The summed E-state index contributed by atoms with van der Waals surface area (Å²) in [5.41, 5.74) is 3.50. The highest BCUT2D eigenvalue weighted by atomic mass is 16.2. The lowest BCUT2D eigenvalue weighted by atomic mass is 10.2. The molecule has 1 aliphatic rings. The number of nitrogens with zero attached hydrogens (tertiary/aromatic N) is 1. The molecule has 0 aromatic heterocycles. The monoisotopic (exact) mass is 395 g/mol. The van der Waals surface area contributed by atoms with E-state index in [1.54, 1.807) is 24.3 Å². The number of carbonyl (C=O) groups is 3. The maximum atomic E-state index is 12.8. The topological polar surface area (TPSA) is 83.0 Å². The van der Waals surface area contributed by atoms with Gasteiger partial charge < -0.3 is 20.4 Å². The number of rotatable bonds is 7. The van der Waals surface area contributed by atoms with Crippen LogP contribution in [0.2, 0.25) is 0 Å². The third kappa shape index (κ3) is 5.42. The number of nitrogens with one attached hydrogen (secondary N) is 3. The number of para-hydroxylation sites is 1.